The van der Waals surface area contributed by atoms with Crippen LogP contribution in [0.5, 0.6) is 0 Å². The quantitative estimate of drug-likeness (QED) is 0.0573. The Hall–Kier alpha value is -6.42. The van der Waals surface area contributed by atoms with Crippen molar-refractivity contribution in [1.29, 1.82) is 0 Å². The third-order valence-corrected chi connectivity index (χ3v) is 15.7. The molecule has 0 unspecified atom stereocenters. The largest absolute Gasteiger partial charge is 0.431 e. The second kappa shape index (κ2) is 25.4. The zero-order chi connectivity index (χ0) is 57.1. The molecule has 0 aromatic heterocycles. The number of hydrogen-bond acceptors (Lipinski definition) is 10. The number of aliphatic imine (C=N–C) groups is 2. The van der Waals surface area contributed by atoms with E-state index in [0.29, 0.717) is 35.4 Å². The van der Waals surface area contributed by atoms with Crippen LogP contribution in [0.2, 0.25) is 0 Å². The monoisotopic (exact) mass is 1120 g/mol. The van der Waals surface area contributed by atoms with E-state index < -0.39 is 73.6 Å². The molecule has 0 bridgehead atoms. The number of hydrogen-bond donors (Lipinski definition) is 2. The second-order valence-corrected chi connectivity index (χ2v) is 22.7. The number of rotatable bonds is 22. The Morgan fingerprint density at radius 1 is 0.571 bits per heavy atom. The fourth-order valence-electron chi connectivity index (χ4n) is 8.82. The number of benzene rings is 4. The predicted octanol–water partition coefficient (Wildman–Crippen LogP) is 11.5. The average Bonchev–Trinajstić information content (AvgIpc) is 3.81. The fraction of sp³-hybridized carbons (Fsp3) is 0.455. The molecule has 22 heteroatoms. The summed E-state index contributed by atoms with van der Waals surface area (Å²) in [4.78, 5) is 59.6. The fourth-order valence-corrected chi connectivity index (χ4v) is 11.3. The van der Waals surface area contributed by atoms with Crippen LogP contribution in [0, 0.1) is 6.92 Å². The van der Waals surface area contributed by atoms with Gasteiger partial charge in [0, 0.05) is 36.8 Å². The van der Waals surface area contributed by atoms with E-state index in [9.17, 15) is 62.4 Å². The van der Waals surface area contributed by atoms with Gasteiger partial charge in [0.15, 0.2) is 0 Å². The molecule has 4 amide bonds. The third-order valence-electron chi connectivity index (χ3n) is 12.9. The number of halogens is 6. The van der Waals surface area contributed by atoms with E-state index in [1.54, 1.807) is 29.2 Å². The van der Waals surface area contributed by atoms with Gasteiger partial charge in [-0.3, -0.25) is 34.0 Å². The number of sulfonamides is 2. The van der Waals surface area contributed by atoms with E-state index >= 15 is 0 Å². The molecule has 0 saturated carbocycles. The lowest BCUT2D eigenvalue weighted by atomic mass is 9.98. The van der Waals surface area contributed by atoms with Crippen LogP contribution in [-0.4, -0.2) is 85.4 Å². The molecule has 6 rings (SSSR count). The van der Waals surface area contributed by atoms with E-state index in [1.807, 2.05) is 57.5 Å². The molecule has 4 aromatic carbocycles. The zero-order valence-corrected chi connectivity index (χ0v) is 45.8. The number of carbonyl (C=O) groups excluding carboxylic acids is 4. The van der Waals surface area contributed by atoms with Crippen LogP contribution in [0.4, 0.5) is 26.3 Å². The van der Waals surface area contributed by atoms with Crippen molar-refractivity contribution >= 4 is 55.3 Å². The van der Waals surface area contributed by atoms with Crippen molar-refractivity contribution in [2.75, 3.05) is 0 Å². The van der Waals surface area contributed by atoms with Gasteiger partial charge in [-0.1, -0.05) is 132 Å². The van der Waals surface area contributed by atoms with Crippen molar-refractivity contribution in [2.24, 2.45) is 9.98 Å². The Bertz CT molecular complexity index is 3070. The standard InChI is InChI=1S/C28H37N3O4S.C27H29F6N3O4S/c1-6-8-9-15-26(32)30-36(34,35)24-14-11-10-13-23(24)21-16-17-22(20(3)18-21)19-31-25(12-7-2)29-28(4,5)27(31)33;1-3-5-6-12-23(37)35-41(39,40)21-11-8-7-10-20(21)19-15-13-18(14-16-19)17-36-22(9-4-2)34-25(24(36)38,26(28,29)30)27(31,32)33/h10-11,13-14,16-18H,6-9,12,15,19H2,1-5H3,(H,30,32);7-8,10-11,13-16H,3-6,9,12,17H2,1-2H3,(H,35,37). The van der Waals surface area contributed by atoms with Gasteiger partial charge in [0.25, 0.3) is 31.9 Å². The van der Waals surface area contributed by atoms with Crippen molar-refractivity contribution in [1.82, 2.24) is 19.2 Å². The molecule has 0 radical (unpaired) electrons. The topological polar surface area (TPSA) is 192 Å². The van der Waals surface area contributed by atoms with Gasteiger partial charge in [0.1, 0.15) is 17.2 Å². The van der Waals surface area contributed by atoms with Crippen molar-refractivity contribution in [2.45, 2.75) is 172 Å². The lowest BCUT2D eigenvalue weighted by Gasteiger charge is -2.30. The number of nitrogens with zero attached hydrogens (tertiary/aromatic N) is 4. The van der Waals surface area contributed by atoms with Gasteiger partial charge in [-0.05, 0) is 86.4 Å². The van der Waals surface area contributed by atoms with E-state index in [2.05, 4.69) is 21.6 Å². The van der Waals surface area contributed by atoms with Gasteiger partial charge in [0.2, 0.25) is 11.8 Å². The van der Waals surface area contributed by atoms with Crippen LogP contribution < -0.4 is 9.44 Å². The maximum atomic E-state index is 13.7. The average molecular weight is 1120 g/mol. The first-order valence-corrected chi connectivity index (χ1v) is 28.5. The lowest BCUT2D eigenvalue weighted by Crippen LogP contribution is -2.61. The first kappa shape index (κ1) is 61.4. The first-order valence-electron chi connectivity index (χ1n) is 25.5. The molecule has 4 aromatic rings. The van der Waals surface area contributed by atoms with E-state index in [0.717, 1.165) is 61.1 Å². The molecule has 0 aliphatic carbocycles. The molecule has 0 fully saturated rings. The molecule has 2 aliphatic heterocycles. The Morgan fingerprint density at radius 2 is 1.01 bits per heavy atom. The molecule has 77 heavy (non-hydrogen) atoms. The summed E-state index contributed by atoms with van der Waals surface area (Å²) in [6.07, 6.45) is -5.66. The molecule has 2 aliphatic rings. The van der Waals surface area contributed by atoms with Gasteiger partial charge in [-0.25, -0.2) is 31.3 Å². The van der Waals surface area contributed by atoms with Gasteiger partial charge >= 0.3 is 17.9 Å². The number of aryl methyl sites for hydroxylation is 1. The molecular formula is C55H66F6N6O8S2. The Labute approximate surface area is 446 Å². The number of carbonyl (C=O) groups is 4. The molecule has 0 atom stereocenters. The molecule has 14 nitrogen and oxygen atoms in total. The van der Waals surface area contributed by atoms with Gasteiger partial charge in [-0.2, -0.15) is 26.3 Å². The predicted molar refractivity (Wildman–Crippen MR) is 282 cm³/mol. The molecule has 0 spiro atoms. The normalized spacial score (nSPS) is 15.4. The number of alkyl halides is 6. The first-order chi connectivity index (χ1) is 36.1. The highest BCUT2D eigenvalue weighted by atomic mass is 32.2. The summed E-state index contributed by atoms with van der Waals surface area (Å²) in [6.45, 7) is 13.0. The minimum absolute atomic E-state index is 0.0134. The highest BCUT2D eigenvalue weighted by molar-refractivity contribution is 7.90. The molecular weight excluding hydrogens is 1050 g/mol. The highest BCUT2D eigenvalue weighted by Crippen LogP contribution is 2.50. The molecule has 418 valence electrons. The molecule has 2 N–H and O–H groups in total. The van der Waals surface area contributed by atoms with Gasteiger partial charge in [-0.15, -0.1) is 0 Å². The number of unbranched alkanes of at least 4 members (excludes halogenated alkanes) is 4. The summed E-state index contributed by atoms with van der Waals surface area (Å²) in [6, 6.07) is 23.8. The summed E-state index contributed by atoms with van der Waals surface area (Å²) in [5, 5.41) is 0. The van der Waals surface area contributed by atoms with Crippen molar-refractivity contribution in [3.05, 3.63) is 108 Å². The SMILES string of the molecule is CCCCCC(=O)NS(=O)(=O)c1ccccc1-c1ccc(CN2C(=O)C(C(F)(F)F)(C(F)(F)F)N=C2CCC)cc1.CCCCCC(=O)NS(=O)(=O)c1ccccc1-c1ccc(CN2C(=O)C(C)(C)N=C2CCC)c(C)c1. The highest BCUT2D eigenvalue weighted by Gasteiger charge is 2.79. The van der Waals surface area contributed by atoms with Crippen molar-refractivity contribution < 1.29 is 62.4 Å². The Balaban J connectivity index is 0.000000286. The lowest BCUT2D eigenvalue weighted by molar-refractivity contribution is -0.283. The van der Waals surface area contributed by atoms with E-state index in [4.69, 9.17) is 0 Å². The minimum Gasteiger partial charge on any atom is -0.294 e. The van der Waals surface area contributed by atoms with E-state index in [-0.39, 0.29) is 52.5 Å². The van der Waals surface area contributed by atoms with Crippen LogP contribution in [0.1, 0.15) is 135 Å². The summed E-state index contributed by atoms with van der Waals surface area (Å²) >= 11 is 0. The number of amidine groups is 2. The van der Waals surface area contributed by atoms with Crippen LogP contribution in [0.15, 0.2) is 111 Å². The maximum Gasteiger partial charge on any atom is 0.431 e. The zero-order valence-electron chi connectivity index (χ0n) is 44.2. The Morgan fingerprint density at radius 3 is 1.47 bits per heavy atom. The van der Waals surface area contributed by atoms with Gasteiger partial charge < -0.3 is 0 Å². The van der Waals surface area contributed by atoms with Crippen LogP contribution in [-0.2, 0) is 52.3 Å². The van der Waals surface area contributed by atoms with E-state index in [1.165, 1.54) is 55.5 Å². The summed E-state index contributed by atoms with van der Waals surface area (Å²) in [5.41, 5.74) is -1.72. The Kier molecular flexibility index (Phi) is 20.2. The smallest absolute Gasteiger partial charge is 0.294 e. The summed E-state index contributed by atoms with van der Waals surface area (Å²) in [7, 11) is -8.27. The van der Waals surface area contributed by atoms with Crippen molar-refractivity contribution in [3.8, 4) is 22.3 Å². The van der Waals surface area contributed by atoms with Crippen LogP contribution in [0.3, 0.4) is 0 Å². The molecule has 2 heterocycles. The van der Waals surface area contributed by atoms with Crippen LogP contribution in [0.25, 0.3) is 22.3 Å². The van der Waals surface area contributed by atoms with Gasteiger partial charge in [0.05, 0.1) is 22.9 Å². The molecule has 0 saturated heterocycles. The van der Waals surface area contributed by atoms with Crippen LogP contribution >= 0.6 is 0 Å². The minimum atomic E-state index is -6.00. The summed E-state index contributed by atoms with van der Waals surface area (Å²) in [5.74, 6) is -3.20. The van der Waals surface area contributed by atoms with Crippen molar-refractivity contribution in [3.63, 3.8) is 0 Å². The maximum absolute atomic E-state index is 13.7. The summed E-state index contributed by atoms with van der Waals surface area (Å²) < 4.78 is 138. The third kappa shape index (κ3) is 14.4. The number of nitrogens with one attached hydrogen (secondary N) is 2. The second-order valence-electron chi connectivity index (χ2n) is 19.4. The number of amides is 4.